The number of hydrogen-bond acceptors (Lipinski definition) is 2. The Balaban J connectivity index is 0.00000200. The van der Waals surface area contributed by atoms with Crippen molar-refractivity contribution in [1.29, 1.82) is 0 Å². The molecule has 0 aromatic carbocycles. The summed E-state index contributed by atoms with van der Waals surface area (Å²) in [6.07, 6.45) is -1.34. The van der Waals surface area contributed by atoms with Crippen LogP contribution in [0.4, 0.5) is 13.2 Å². The topological polar surface area (TPSA) is 32.3 Å². The molecule has 0 spiro atoms. The number of alkyl halides is 3. The number of carbonyl (C=O) groups is 1. The van der Waals surface area contributed by atoms with Crippen molar-refractivity contribution >= 4 is 18.3 Å². The summed E-state index contributed by atoms with van der Waals surface area (Å²) in [5, 5.41) is 3.48. The molecule has 1 amide bonds. The molecule has 0 bridgehead atoms. The van der Waals surface area contributed by atoms with Gasteiger partial charge >= 0.3 is 6.18 Å². The van der Waals surface area contributed by atoms with Crippen molar-refractivity contribution in [2.24, 2.45) is 5.92 Å². The van der Waals surface area contributed by atoms with Crippen LogP contribution in [0, 0.1) is 5.92 Å². The van der Waals surface area contributed by atoms with Gasteiger partial charge in [0.2, 0.25) is 5.91 Å². The lowest BCUT2D eigenvalue weighted by Gasteiger charge is -2.32. The van der Waals surface area contributed by atoms with Crippen LogP contribution in [-0.2, 0) is 4.79 Å². The molecule has 2 fully saturated rings. The van der Waals surface area contributed by atoms with E-state index in [1.54, 1.807) is 4.90 Å². The zero-order valence-electron chi connectivity index (χ0n) is 11.4. The molecule has 2 rings (SSSR count). The summed E-state index contributed by atoms with van der Waals surface area (Å²) in [7, 11) is 0. The van der Waals surface area contributed by atoms with Crippen LogP contribution in [-0.4, -0.2) is 42.7 Å². The first-order valence-corrected chi connectivity index (χ1v) is 7.02. The minimum Gasteiger partial charge on any atom is -0.343 e. The fraction of sp³-hybridized carbons (Fsp3) is 0.923. The summed E-state index contributed by atoms with van der Waals surface area (Å²) in [5.74, 6) is 0.462. The summed E-state index contributed by atoms with van der Waals surface area (Å²) in [4.78, 5) is 13.2. The Morgan fingerprint density at radius 2 is 1.75 bits per heavy atom. The molecule has 118 valence electrons. The van der Waals surface area contributed by atoms with Crippen LogP contribution in [0.15, 0.2) is 0 Å². The van der Waals surface area contributed by atoms with E-state index in [1.807, 2.05) is 0 Å². The normalized spacial score (nSPS) is 20.6. The van der Waals surface area contributed by atoms with E-state index in [0.29, 0.717) is 19.1 Å². The maximum atomic E-state index is 12.0. The van der Waals surface area contributed by atoms with Gasteiger partial charge in [0.25, 0.3) is 0 Å². The fourth-order valence-electron chi connectivity index (χ4n) is 2.40. The Hall–Kier alpha value is -0.490. The predicted octanol–water partition coefficient (Wildman–Crippen LogP) is 2.74. The highest BCUT2D eigenvalue weighted by Crippen LogP contribution is 2.28. The van der Waals surface area contributed by atoms with Gasteiger partial charge in [-0.1, -0.05) is 0 Å². The van der Waals surface area contributed by atoms with E-state index in [1.165, 1.54) is 12.8 Å². The van der Waals surface area contributed by atoms with Gasteiger partial charge in [0.1, 0.15) is 0 Å². The number of nitrogens with zero attached hydrogens (tertiary/aromatic N) is 1. The van der Waals surface area contributed by atoms with Crippen LogP contribution in [0.2, 0.25) is 0 Å². The van der Waals surface area contributed by atoms with Crippen molar-refractivity contribution in [2.45, 2.75) is 50.7 Å². The number of amides is 1. The van der Waals surface area contributed by atoms with E-state index in [-0.39, 0.29) is 18.3 Å². The van der Waals surface area contributed by atoms with Gasteiger partial charge in [-0.3, -0.25) is 4.79 Å². The van der Waals surface area contributed by atoms with Crippen molar-refractivity contribution in [2.75, 3.05) is 19.6 Å². The highest BCUT2D eigenvalue weighted by Gasteiger charge is 2.30. The van der Waals surface area contributed by atoms with Crippen molar-refractivity contribution in [3.05, 3.63) is 0 Å². The molecule has 0 radical (unpaired) electrons. The largest absolute Gasteiger partial charge is 0.389 e. The number of halogens is 4. The molecule has 1 heterocycles. The van der Waals surface area contributed by atoms with Crippen molar-refractivity contribution in [1.82, 2.24) is 10.2 Å². The predicted molar refractivity (Wildman–Crippen MR) is 72.9 cm³/mol. The molecule has 0 unspecified atom stereocenters. The SMILES string of the molecule is Cl.O=C(CCC(F)(F)F)N1CCC(NCC2CC2)CC1. The van der Waals surface area contributed by atoms with Gasteiger partial charge in [-0.15, -0.1) is 12.4 Å². The summed E-state index contributed by atoms with van der Waals surface area (Å²) in [6.45, 7) is 2.21. The third kappa shape index (κ3) is 6.31. The molecule has 3 nitrogen and oxygen atoms in total. The Bertz CT molecular complexity index is 313. The molecule has 1 saturated carbocycles. The van der Waals surface area contributed by atoms with E-state index in [9.17, 15) is 18.0 Å². The highest BCUT2D eigenvalue weighted by molar-refractivity contribution is 5.85. The van der Waals surface area contributed by atoms with Crippen molar-refractivity contribution in [3.63, 3.8) is 0 Å². The summed E-state index contributed by atoms with van der Waals surface area (Å²) in [5.41, 5.74) is 0. The smallest absolute Gasteiger partial charge is 0.343 e. The second-order valence-electron chi connectivity index (χ2n) is 5.62. The zero-order chi connectivity index (χ0) is 13.9. The fourth-order valence-corrected chi connectivity index (χ4v) is 2.40. The third-order valence-corrected chi connectivity index (χ3v) is 3.86. The van der Waals surface area contributed by atoms with E-state index in [0.717, 1.165) is 25.3 Å². The van der Waals surface area contributed by atoms with Crippen LogP contribution < -0.4 is 5.32 Å². The number of nitrogens with one attached hydrogen (secondary N) is 1. The van der Waals surface area contributed by atoms with E-state index in [4.69, 9.17) is 0 Å². The lowest BCUT2D eigenvalue weighted by Crippen LogP contribution is -2.45. The first-order valence-electron chi connectivity index (χ1n) is 7.02. The van der Waals surface area contributed by atoms with Crippen LogP contribution in [0.25, 0.3) is 0 Å². The van der Waals surface area contributed by atoms with Gasteiger partial charge in [-0.05, 0) is 38.1 Å². The molecule has 1 aliphatic heterocycles. The van der Waals surface area contributed by atoms with E-state index in [2.05, 4.69) is 5.32 Å². The average molecular weight is 315 g/mol. The van der Waals surface area contributed by atoms with Crippen LogP contribution in [0.5, 0.6) is 0 Å². The highest BCUT2D eigenvalue weighted by atomic mass is 35.5. The van der Waals surface area contributed by atoms with Gasteiger partial charge in [0.15, 0.2) is 0 Å². The lowest BCUT2D eigenvalue weighted by molar-refractivity contribution is -0.149. The second-order valence-corrected chi connectivity index (χ2v) is 5.62. The Kier molecular flexibility index (Phi) is 6.58. The Labute approximate surface area is 123 Å². The molecule has 7 heteroatoms. The van der Waals surface area contributed by atoms with Gasteiger partial charge in [0.05, 0.1) is 6.42 Å². The molecule has 1 N–H and O–H groups in total. The zero-order valence-corrected chi connectivity index (χ0v) is 12.2. The Morgan fingerprint density at radius 1 is 1.15 bits per heavy atom. The quantitative estimate of drug-likeness (QED) is 0.846. The molecule has 1 aliphatic carbocycles. The molecule has 2 aliphatic rings. The maximum Gasteiger partial charge on any atom is 0.389 e. The molecule has 0 atom stereocenters. The summed E-state index contributed by atoms with van der Waals surface area (Å²) >= 11 is 0. The number of rotatable bonds is 5. The maximum absolute atomic E-state index is 12.0. The van der Waals surface area contributed by atoms with Crippen LogP contribution in [0.1, 0.15) is 38.5 Å². The van der Waals surface area contributed by atoms with Gasteiger partial charge in [-0.25, -0.2) is 0 Å². The molecule has 0 aromatic heterocycles. The van der Waals surface area contributed by atoms with Gasteiger partial charge in [0, 0.05) is 25.6 Å². The molecule has 1 saturated heterocycles. The van der Waals surface area contributed by atoms with Crippen molar-refractivity contribution < 1.29 is 18.0 Å². The molecular formula is C13H22ClF3N2O. The average Bonchev–Trinajstić information content (AvgIpc) is 3.17. The van der Waals surface area contributed by atoms with Crippen LogP contribution >= 0.6 is 12.4 Å². The van der Waals surface area contributed by atoms with E-state index >= 15 is 0 Å². The first-order chi connectivity index (χ1) is 8.94. The molecule has 20 heavy (non-hydrogen) atoms. The molecule has 0 aromatic rings. The standard InChI is InChI=1S/C13H21F3N2O.ClH/c14-13(15,16)6-3-12(19)18-7-4-11(5-8-18)17-9-10-1-2-10;/h10-11,17H,1-9H2;1H. The number of carbonyl (C=O) groups excluding carboxylic acids is 1. The summed E-state index contributed by atoms with van der Waals surface area (Å²) < 4.78 is 36.1. The Morgan fingerprint density at radius 3 is 2.25 bits per heavy atom. The minimum atomic E-state index is -4.24. The van der Waals surface area contributed by atoms with Gasteiger partial charge < -0.3 is 10.2 Å². The first kappa shape index (κ1) is 17.6. The lowest BCUT2D eigenvalue weighted by atomic mass is 10.0. The number of piperidine rings is 1. The van der Waals surface area contributed by atoms with Crippen molar-refractivity contribution in [3.8, 4) is 0 Å². The minimum absolute atomic E-state index is 0. The number of likely N-dealkylation sites (tertiary alicyclic amines) is 1. The van der Waals surface area contributed by atoms with Crippen LogP contribution in [0.3, 0.4) is 0 Å². The third-order valence-electron chi connectivity index (χ3n) is 3.86. The molecular weight excluding hydrogens is 293 g/mol. The summed E-state index contributed by atoms with van der Waals surface area (Å²) in [6, 6.07) is 0.423. The number of hydrogen-bond donors (Lipinski definition) is 1. The van der Waals surface area contributed by atoms with E-state index < -0.39 is 19.0 Å². The van der Waals surface area contributed by atoms with Gasteiger partial charge in [-0.2, -0.15) is 13.2 Å². The monoisotopic (exact) mass is 314 g/mol. The second kappa shape index (κ2) is 7.50.